The van der Waals surface area contributed by atoms with Gasteiger partial charge >= 0.3 is 0 Å². The van der Waals surface area contributed by atoms with Crippen molar-refractivity contribution in [3.8, 4) is 0 Å². The molecule has 1 heterocycles. The average molecular weight is 290 g/mol. The third kappa shape index (κ3) is 3.87. The van der Waals surface area contributed by atoms with Crippen LogP contribution in [0.3, 0.4) is 0 Å². The molecule has 1 fully saturated rings. The number of nitrogens with one attached hydrogen (secondary N) is 1. The zero-order valence-electron chi connectivity index (χ0n) is 11.4. The van der Waals surface area contributed by atoms with Crippen LogP contribution >= 0.6 is 11.9 Å². The Bertz CT molecular complexity index is 502. The van der Waals surface area contributed by atoms with Crippen molar-refractivity contribution in [3.63, 3.8) is 0 Å². The number of benzene rings is 1. The molecule has 106 valence electrons. The molecular weight excluding hydrogens is 272 g/mol. The second-order valence-corrected chi connectivity index (χ2v) is 5.35. The number of hydrogen-bond donors (Lipinski definition) is 1. The highest BCUT2D eigenvalue weighted by atomic mass is 32.2. The van der Waals surface area contributed by atoms with Gasteiger partial charge in [-0.05, 0) is 31.1 Å². The number of anilines is 1. The monoisotopic (exact) mass is 290 g/mol. The van der Waals surface area contributed by atoms with Crippen LogP contribution in [0.25, 0.3) is 0 Å². The molecule has 1 atom stereocenters. The van der Waals surface area contributed by atoms with Crippen LogP contribution in [-0.4, -0.2) is 28.4 Å². The van der Waals surface area contributed by atoms with Crippen LogP contribution in [0.4, 0.5) is 5.69 Å². The van der Waals surface area contributed by atoms with E-state index < -0.39 is 0 Å². The molecule has 0 unspecified atom stereocenters. The Kier molecular flexibility index (Phi) is 5.24. The topological polar surface area (TPSA) is 49.4 Å². The number of rotatable bonds is 6. The molecule has 20 heavy (non-hydrogen) atoms. The van der Waals surface area contributed by atoms with Crippen molar-refractivity contribution in [2.45, 2.75) is 25.3 Å². The smallest absolute Gasteiger partial charge is 0.248 e. The lowest BCUT2D eigenvalue weighted by Gasteiger charge is -2.38. The molecule has 1 saturated heterocycles. The molecule has 5 heteroatoms. The highest BCUT2D eigenvalue weighted by Crippen LogP contribution is 2.29. The number of allylic oxidation sites excluding steroid dienone is 1. The summed E-state index contributed by atoms with van der Waals surface area (Å²) in [7, 11) is 0. The summed E-state index contributed by atoms with van der Waals surface area (Å²) in [5.74, 6) is 0.0795. The Balaban J connectivity index is 1.69. The van der Waals surface area contributed by atoms with E-state index in [0.29, 0.717) is 12.5 Å². The van der Waals surface area contributed by atoms with Crippen molar-refractivity contribution >= 4 is 29.4 Å². The first-order valence-corrected chi connectivity index (χ1v) is 7.77. The highest BCUT2D eigenvalue weighted by molar-refractivity contribution is 7.96. The third-order valence-corrected chi connectivity index (χ3v) is 4.06. The number of hydrogen-bond acceptors (Lipinski definition) is 3. The van der Waals surface area contributed by atoms with E-state index in [1.807, 2.05) is 42.7 Å². The highest BCUT2D eigenvalue weighted by Gasteiger charge is 2.34. The molecule has 0 aromatic heterocycles. The van der Waals surface area contributed by atoms with E-state index in [9.17, 15) is 9.59 Å². The Morgan fingerprint density at radius 1 is 1.45 bits per heavy atom. The predicted octanol–water partition coefficient (Wildman–Crippen LogP) is 2.84. The lowest BCUT2D eigenvalue weighted by Crippen LogP contribution is -2.47. The largest absolute Gasteiger partial charge is 0.323 e. The van der Waals surface area contributed by atoms with Crippen LogP contribution in [0.1, 0.15) is 19.3 Å². The standard InChI is InChI=1S/C15H18N2O2S/c1-20-17-13(11-15(17)19)9-5-6-10-14(18)16-12-7-3-2-4-8-12/h2-4,6-8,10,13H,5,9,11H2,1H3,(H,16,18)/b10-6+/t13-/m1/s1. The van der Waals surface area contributed by atoms with Gasteiger partial charge in [0.15, 0.2) is 0 Å². The van der Waals surface area contributed by atoms with Crippen molar-refractivity contribution in [3.05, 3.63) is 42.5 Å². The quantitative estimate of drug-likeness (QED) is 0.498. The Labute approximate surface area is 123 Å². The van der Waals surface area contributed by atoms with Gasteiger partial charge in [0.05, 0.1) is 6.04 Å². The molecule has 1 aliphatic heterocycles. The number of carbonyl (C=O) groups is 2. The van der Waals surface area contributed by atoms with Gasteiger partial charge in [-0.25, -0.2) is 0 Å². The molecule has 1 N–H and O–H groups in total. The van der Waals surface area contributed by atoms with E-state index in [1.165, 1.54) is 11.9 Å². The summed E-state index contributed by atoms with van der Waals surface area (Å²) in [6, 6.07) is 9.68. The number of β-lactam (4-membered cyclic amide) rings is 1. The van der Waals surface area contributed by atoms with Gasteiger partial charge in [0.2, 0.25) is 11.8 Å². The predicted molar refractivity (Wildman–Crippen MR) is 82.2 cm³/mol. The van der Waals surface area contributed by atoms with Crippen LogP contribution in [0.15, 0.2) is 42.5 Å². The van der Waals surface area contributed by atoms with Crippen molar-refractivity contribution < 1.29 is 9.59 Å². The van der Waals surface area contributed by atoms with Crippen molar-refractivity contribution in [1.82, 2.24) is 4.31 Å². The van der Waals surface area contributed by atoms with E-state index in [4.69, 9.17) is 0 Å². The van der Waals surface area contributed by atoms with Crippen LogP contribution in [0, 0.1) is 0 Å². The summed E-state index contributed by atoms with van der Waals surface area (Å²) in [4.78, 5) is 22.9. The maximum Gasteiger partial charge on any atom is 0.248 e. The number of nitrogens with zero attached hydrogens (tertiary/aromatic N) is 1. The van der Waals surface area contributed by atoms with Gasteiger partial charge in [0.1, 0.15) is 0 Å². The fourth-order valence-electron chi connectivity index (χ4n) is 2.12. The average Bonchev–Trinajstić information content (AvgIpc) is 2.43. The first-order valence-electron chi connectivity index (χ1n) is 6.59. The first kappa shape index (κ1) is 14.7. The van der Waals surface area contributed by atoms with Crippen molar-refractivity contribution in [1.29, 1.82) is 0 Å². The minimum absolute atomic E-state index is 0.123. The summed E-state index contributed by atoms with van der Waals surface area (Å²) >= 11 is 1.47. The molecule has 4 nitrogen and oxygen atoms in total. The van der Waals surface area contributed by atoms with Crippen LogP contribution in [-0.2, 0) is 9.59 Å². The summed E-state index contributed by atoms with van der Waals surface area (Å²) in [6.07, 6.45) is 7.66. The maximum atomic E-state index is 11.6. The number of para-hydroxylation sites is 1. The molecule has 2 rings (SSSR count). The zero-order valence-corrected chi connectivity index (χ0v) is 12.2. The molecule has 1 aliphatic rings. The van der Waals surface area contributed by atoms with Gasteiger partial charge < -0.3 is 5.32 Å². The normalized spacial score (nSPS) is 18.1. The zero-order chi connectivity index (χ0) is 14.4. The second-order valence-electron chi connectivity index (χ2n) is 4.60. The second kappa shape index (κ2) is 7.14. The van der Waals surface area contributed by atoms with Crippen molar-refractivity contribution in [2.24, 2.45) is 0 Å². The Morgan fingerprint density at radius 3 is 2.85 bits per heavy atom. The van der Waals surface area contributed by atoms with Crippen molar-refractivity contribution in [2.75, 3.05) is 11.6 Å². The summed E-state index contributed by atoms with van der Waals surface area (Å²) < 4.78 is 1.80. The van der Waals surface area contributed by atoms with Crippen LogP contribution < -0.4 is 5.32 Å². The fraction of sp³-hybridized carbons (Fsp3) is 0.333. The summed E-state index contributed by atoms with van der Waals surface area (Å²) in [5.41, 5.74) is 0.792. The lowest BCUT2D eigenvalue weighted by molar-refractivity contribution is -0.136. The molecule has 1 aromatic carbocycles. The van der Waals surface area contributed by atoms with Crippen LogP contribution in [0.5, 0.6) is 0 Å². The SMILES string of the molecule is CSN1C(=O)C[C@H]1CC/C=C/C(=O)Nc1ccccc1. The molecule has 2 amide bonds. The van der Waals surface area contributed by atoms with Gasteiger partial charge in [-0.3, -0.25) is 13.9 Å². The molecule has 0 spiro atoms. The van der Waals surface area contributed by atoms with E-state index in [1.54, 1.807) is 10.4 Å². The Morgan fingerprint density at radius 2 is 2.20 bits per heavy atom. The van der Waals surface area contributed by atoms with Gasteiger partial charge in [0, 0.05) is 18.4 Å². The van der Waals surface area contributed by atoms with Gasteiger partial charge in [-0.15, -0.1) is 0 Å². The molecule has 0 aliphatic carbocycles. The van der Waals surface area contributed by atoms with Gasteiger partial charge in [-0.2, -0.15) is 0 Å². The van der Waals surface area contributed by atoms with E-state index in [2.05, 4.69) is 5.32 Å². The van der Waals surface area contributed by atoms with E-state index >= 15 is 0 Å². The Hall–Kier alpha value is -1.75. The fourth-order valence-corrected chi connectivity index (χ4v) is 2.88. The minimum Gasteiger partial charge on any atom is -0.323 e. The molecule has 0 radical (unpaired) electrons. The number of carbonyl (C=O) groups excluding carboxylic acids is 2. The van der Waals surface area contributed by atoms with Crippen LogP contribution in [0.2, 0.25) is 0 Å². The third-order valence-electron chi connectivity index (χ3n) is 3.16. The maximum absolute atomic E-state index is 11.6. The lowest BCUT2D eigenvalue weighted by atomic mass is 10.0. The first-order chi connectivity index (χ1) is 9.70. The van der Waals surface area contributed by atoms with Gasteiger partial charge in [0.25, 0.3) is 0 Å². The van der Waals surface area contributed by atoms with E-state index in [0.717, 1.165) is 18.5 Å². The number of amides is 2. The van der Waals surface area contributed by atoms with E-state index in [-0.39, 0.29) is 11.8 Å². The summed E-state index contributed by atoms with van der Waals surface area (Å²) in [6.45, 7) is 0. The molecule has 0 bridgehead atoms. The van der Waals surface area contributed by atoms with Gasteiger partial charge in [-0.1, -0.05) is 36.2 Å². The molecular formula is C15H18N2O2S. The molecule has 0 saturated carbocycles. The summed E-state index contributed by atoms with van der Waals surface area (Å²) in [5, 5.41) is 2.79. The molecule has 1 aromatic rings. The minimum atomic E-state index is -0.123.